The Morgan fingerprint density at radius 3 is 2.45 bits per heavy atom. The lowest BCUT2D eigenvalue weighted by atomic mass is 9.81. The van der Waals surface area contributed by atoms with Gasteiger partial charge in [0.15, 0.2) is 0 Å². The number of likely N-dealkylation sites (N-methyl/N-ethyl adjacent to an activating group) is 1. The Morgan fingerprint density at radius 2 is 1.95 bits per heavy atom. The van der Waals surface area contributed by atoms with E-state index >= 15 is 0 Å². The first-order valence-electron chi connectivity index (χ1n) is 7.65. The van der Waals surface area contributed by atoms with E-state index in [1.807, 2.05) is 38.4 Å². The van der Waals surface area contributed by atoms with Gasteiger partial charge in [-0.3, -0.25) is 0 Å². The van der Waals surface area contributed by atoms with Crippen LogP contribution in [0, 0.1) is 0 Å². The molecule has 1 aromatic rings. The first-order chi connectivity index (χ1) is 9.53. The van der Waals surface area contributed by atoms with Crippen molar-refractivity contribution < 1.29 is 9.84 Å². The van der Waals surface area contributed by atoms with Gasteiger partial charge in [-0.15, -0.1) is 0 Å². The van der Waals surface area contributed by atoms with Crippen molar-refractivity contribution >= 4 is 0 Å². The first-order valence-corrected chi connectivity index (χ1v) is 7.65. The Balaban J connectivity index is 2.23. The quantitative estimate of drug-likeness (QED) is 0.829. The predicted molar refractivity (Wildman–Crippen MR) is 82.1 cm³/mol. The highest BCUT2D eigenvalue weighted by Crippen LogP contribution is 2.37. The van der Waals surface area contributed by atoms with Gasteiger partial charge in [-0.1, -0.05) is 26.0 Å². The molecule has 0 radical (unpaired) electrons. The second-order valence-electron chi connectivity index (χ2n) is 6.00. The third-order valence-electron chi connectivity index (χ3n) is 4.63. The molecule has 1 unspecified atom stereocenters. The fourth-order valence-corrected chi connectivity index (χ4v) is 2.96. The third kappa shape index (κ3) is 2.99. The number of aliphatic hydroxyl groups excluding tert-OH is 1. The SMILES string of the molecule is CCC(CC)(C(O)c1cccc(OC2CC2)c1)N(C)C. The van der Waals surface area contributed by atoms with Gasteiger partial charge in [0.05, 0.1) is 12.2 Å². The molecular formula is C17H27NO2. The van der Waals surface area contributed by atoms with E-state index in [2.05, 4.69) is 18.7 Å². The number of hydrogen-bond donors (Lipinski definition) is 1. The summed E-state index contributed by atoms with van der Waals surface area (Å²) >= 11 is 0. The fourth-order valence-electron chi connectivity index (χ4n) is 2.96. The normalized spacial score (nSPS) is 17.3. The van der Waals surface area contributed by atoms with Crippen LogP contribution in [0.25, 0.3) is 0 Å². The lowest BCUT2D eigenvalue weighted by molar-refractivity contribution is -0.0150. The summed E-state index contributed by atoms with van der Waals surface area (Å²) in [7, 11) is 4.08. The maximum absolute atomic E-state index is 10.9. The molecule has 2 rings (SSSR count). The molecule has 1 aliphatic rings. The molecule has 3 heteroatoms. The average Bonchev–Trinajstić information content (AvgIpc) is 3.24. The molecule has 20 heavy (non-hydrogen) atoms. The van der Waals surface area contributed by atoms with Gasteiger partial charge in [0.2, 0.25) is 0 Å². The van der Waals surface area contributed by atoms with Gasteiger partial charge >= 0.3 is 0 Å². The van der Waals surface area contributed by atoms with Gasteiger partial charge in [0, 0.05) is 5.54 Å². The van der Waals surface area contributed by atoms with Crippen LogP contribution >= 0.6 is 0 Å². The van der Waals surface area contributed by atoms with E-state index in [1.165, 1.54) is 0 Å². The van der Waals surface area contributed by atoms with Gasteiger partial charge in [-0.25, -0.2) is 0 Å². The smallest absolute Gasteiger partial charge is 0.120 e. The summed E-state index contributed by atoms with van der Waals surface area (Å²) in [5.74, 6) is 0.879. The minimum Gasteiger partial charge on any atom is -0.490 e. The molecule has 3 nitrogen and oxygen atoms in total. The van der Waals surface area contributed by atoms with Crippen molar-refractivity contribution in [1.29, 1.82) is 0 Å². The largest absolute Gasteiger partial charge is 0.490 e. The van der Waals surface area contributed by atoms with E-state index in [-0.39, 0.29) is 5.54 Å². The molecule has 1 fully saturated rings. The molecule has 0 saturated heterocycles. The number of hydrogen-bond acceptors (Lipinski definition) is 3. The topological polar surface area (TPSA) is 32.7 Å². The van der Waals surface area contributed by atoms with Gasteiger partial charge in [-0.05, 0) is 57.5 Å². The van der Waals surface area contributed by atoms with Crippen molar-refractivity contribution in [1.82, 2.24) is 4.90 Å². The van der Waals surface area contributed by atoms with Crippen molar-refractivity contribution in [2.75, 3.05) is 14.1 Å². The van der Waals surface area contributed by atoms with E-state index in [9.17, 15) is 5.11 Å². The summed E-state index contributed by atoms with van der Waals surface area (Å²) in [4.78, 5) is 2.14. The van der Waals surface area contributed by atoms with E-state index < -0.39 is 6.10 Å². The van der Waals surface area contributed by atoms with Crippen LogP contribution in [0.5, 0.6) is 5.75 Å². The number of nitrogens with zero attached hydrogens (tertiary/aromatic N) is 1. The highest BCUT2D eigenvalue weighted by molar-refractivity contribution is 5.32. The van der Waals surface area contributed by atoms with Crippen molar-refractivity contribution in [3.8, 4) is 5.75 Å². The summed E-state index contributed by atoms with van der Waals surface area (Å²) < 4.78 is 5.83. The summed E-state index contributed by atoms with van der Waals surface area (Å²) in [6.07, 6.45) is 4.00. The van der Waals surface area contributed by atoms with Gasteiger partial charge in [0.1, 0.15) is 5.75 Å². The maximum Gasteiger partial charge on any atom is 0.120 e. The molecule has 1 atom stereocenters. The molecule has 1 N–H and O–H groups in total. The lowest BCUT2D eigenvalue weighted by Crippen LogP contribution is -2.48. The Labute approximate surface area is 122 Å². The number of ether oxygens (including phenoxy) is 1. The van der Waals surface area contributed by atoms with Crippen molar-refractivity contribution in [3.63, 3.8) is 0 Å². The molecular weight excluding hydrogens is 250 g/mol. The average molecular weight is 277 g/mol. The van der Waals surface area contributed by atoms with E-state index in [1.54, 1.807) is 0 Å². The molecule has 0 spiro atoms. The minimum absolute atomic E-state index is 0.224. The van der Waals surface area contributed by atoms with Crippen LogP contribution in [0.4, 0.5) is 0 Å². The van der Waals surface area contributed by atoms with Crippen LogP contribution in [0.2, 0.25) is 0 Å². The third-order valence-corrected chi connectivity index (χ3v) is 4.63. The minimum atomic E-state index is -0.504. The Kier molecular flexibility index (Phi) is 4.71. The zero-order valence-corrected chi connectivity index (χ0v) is 13.1. The number of rotatable bonds is 7. The molecule has 1 aliphatic carbocycles. The monoisotopic (exact) mass is 277 g/mol. The van der Waals surface area contributed by atoms with Crippen molar-refractivity contribution in [3.05, 3.63) is 29.8 Å². The highest BCUT2D eigenvalue weighted by atomic mass is 16.5. The van der Waals surface area contributed by atoms with Crippen LogP contribution in [-0.4, -0.2) is 35.7 Å². The molecule has 1 saturated carbocycles. The summed E-state index contributed by atoms with van der Waals surface area (Å²) in [5.41, 5.74) is 0.721. The van der Waals surface area contributed by atoms with Crippen LogP contribution in [0.3, 0.4) is 0 Å². The Bertz CT molecular complexity index is 436. The lowest BCUT2D eigenvalue weighted by Gasteiger charge is -2.42. The molecule has 0 heterocycles. The Hall–Kier alpha value is -1.06. The van der Waals surface area contributed by atoms with Gasteiger partial charge in [0.25, 0.3) is 0 Å². The fraction of sp³-hybridized carbons (Fsp3) is 0.647. The first kappa shape index (κ1) is 15.3. The maximum atomic E-state index is 10.9. The zero-order valence-electron chi connectivity index (χ0n) is 13.1. The van der Waals surface area contributed by atoms with Crippen molar-refractivity contribution in [2.24, 2.45) is 0 Å². The van der Waals surface area contributed by atoms with Crippen LogP contribution in [-0.2, 0) is 0 Å². The summed E-state index contributed by atoms with van der Waals surface area (Å²) in [6, 6.07) is 7.94. The van der Waals surface area contributed by atoms with Gasteiger partial charge < -0.3 is 14.7 Å². The molecule has 112 valence electrons. The van der Waals surface area contributed by atoms with Crippen molar-refractivity contribution in [2.45, 2.75) is 57.3 Å². The second-order valence-corrected chi connectivity index (χ2v) is 6.00. The number of aliphatic hydroxyl groups is 1. The van der Waals surface area contributed by atoms with Gasteiger partial charge in [-0.2, -0.15) is 0 Å². The second kappa shape index (κ2) is 6.15. The summed E-state index contributed by atoms with van der Waals surface area (Å²) in [6.45, 7) is 4.27. The van der Waals surface area contributed by atoms with Crippen LogP contribution in [0.15, 0.2) is 24.3 Å². The summed E-state index contributed by atoms with van der Waals surface area (Å²) in [5, 5.41) is 10.9. The zero-order chi connectivity index (χ0) is 14.8. The molecule has 0 aliphatic heterocycles. The molecule has 0 amide bonds. The molecule has 0 bridgehead atoms. The Morgan fingerprint density at radius 1 is 1.30 bits per heavy atom. The standard InChI is InChI=1S/C17H27NO2/c1-5-17(6-2,18(3)4)16(19)13-8-7-9-15(12-13)20-14-10-11-14/h7-9,12,14,16,19H,5-6,10-11H2,1-4H3. The molecule has 1 aromatic carbocycles. The predicted octanol–water partition coefficient (Wildman–Crippen LogP) is 3.38. The van der Waals surface area contributed by atoms with E-state index in [4.69, 9.17) is 4.74 Å². The highest BCUT2D eigenvalue weighted by Gasteiger charge is 2.37. The van der Waals surface area contributed by atoms with E-state index in [0.29, 0.717) is 6.10 Å². The van der Waals surface area contributed by atoms with Crippen LogP contribution < -0.4 is 4.74 Å². The van der Waals surface area contributed by atoms with E-state index in [0.717, 1.165) is 37.0 Å². The van der Waals surface area contributed by atoms with Crippen LogP contribution in [0.1, 0.15) is 51.2 Å². The molecule has 0 aromatic heterocycles. The number of benzene rings is 1.